The second kappa shape index (κ2) is 6.29. The smallest absolute Gasteiger partial charge is 0.175 e. The van der Waals surface area contributed by atoms with Crippen molar-refractivity contribution in [3.63, 3.8) is 0 Å². The van der Waals surface area contributed by atoms with Gasteiger partial charge in [0.25, 0.3) is 0 Å². The summed E-state index contributed by atoms with van der Waals surface area (Å²) in [6, 6.07) is 6.17. The van der Waals surface area contributed by atoms with Crippen LogP contribution in [0.3, 0.4) is 0 Å². The fourth-order valence-electron chi connectivity index (χ4n) is 3.21. The van der Waals surface area contributed by atoms with Gasteiger partial charge in [-0.1, -0.05) is 0 Å². The Labute approximate surface area is 146 Å². The van der Waals surface area contributed by atoms with Gasteiger partial charge < -0.3 is 9.47 Å². The largest absolute Gasteiger partial charge is 0.352 e. The van der Waals surface area contributed by atoms with Crippen molar-refractivity contribution in [3.8, 4) is 5.82 Å². The van der Waals surface area contributed by atoms with E-state index >= 15 is 0 Å². The summed E-state index contributed by atoms with van der Waals surface area (Å²) in [5, 5.41) is 13.1. The molecule has 1 saturated heterocycles. The Morgan fingerprint density at radius 3 is 2.44 bits per heavy atom. The fraction of sp³-hybridized carbons (Fsp3) is 0.412. The van der Waals surface area contributed by atoms with Crippen LogP contribution >= 0.6 is 0 Å². The molecule has 0 amide bonds. The Balaban J connectivity index is 1.54. The zero-order chi connectivity index (χ0) is 17.4. The summed E-state index contributed by atoms with van der Waals surface area (Å²) in [7, 11) is 4.18. The van der Waals surface area contributed by atoms with E-state index in [1.165, 1.54) is 0 Å². The second-order valence-corrected chi connectivity index (χ2v) is 6.49. The molecule has 25 heavy (non-hydrogen) atoms. The zero-order valence-corrected chi connectivity index (χ0v) is 14.7. The Bertz CT molecular complexity index is 850. The average molecular weight is 338 g/mol. The topological polar surface area (TPSA) is 67.9 Å². The number of piperazine rings is 1. The van der Waals surface area contributed by atoms with E-state index in [0.717, 1.165) is 42.8 Å². The van der Waals surface area contributed by atoms with Gasteiger partial charge in [-0.3, -0.25) is 4.90 Å². The Kier molecular flexibility index (Phi) is 3.96. The summed E-state index contributed by atoms with van der Waals surface area (Å²) in [6.07, 6.45) is 5.73. The molecule has 0 bridgehead atoms. The number of aryl methyl sites for hydroxylation is 2. The minimum Gasteiger partial charge on any atom is -0.352 e. The van der Waals surface area contributed by atoms with Crippen molar-refractivity contribution in [3.05, 3.63) is 48.3 Å². The molecule has 4 rings (SSSR count). The molecule has 1 aliphatic rings. The SMILES string of the molecule is Cc1ccn(-c2ccc(N3CCN(C)C(c4nccn4C)C3)nn2)n1. The molecule has 3 aromatic heterocycles. The maximum Gasteiger partial charge on any atom is 0.175 e. The molecular weight excluding hydrogens is 316 g/mol. The third-order valence-corrected chi connectivity index (χ3v) is 4.72. The lowest BCUT2D eigenvalue weighted by Gasteiger charge is -2.39. The molecule has 1 fully saturated rings. The molecular formula is C17H22N8. The molecule has 8 nitrogen and oxygen atoms in total. The summed E-state index contributed by atoms with van der Waals surface area (Å²) in [4.78, 5) is 9.13. The summed E-state index contributed by atoms with van der Waals surface area (Å²) in [5.41, 5.74) is 0.961. The molecule has 1 atom stereocenters. The van der Waals surface area contributed by atoms with E-state index in [1.807, 2.05) is 50.8 Å². The molecule has 1 aliphatic heterocycles. The first kappa shape index (κ1) is 15.8. The minimum absolute atomic E-state index is 0.240. The van der Waals surface area contributed by atoms with Gasteiger partial charge in [-0.15, -0.1) is 10.2 Å². The highest BCUT2D eigenvalue weighted by atomic mass is 15.4. The monoisotopic (exact) mass is 338 g/mol. The van der Waals surface area contributed by atoms with Crippen molar-refractivity contribution < 1.29 is 0 Å². The highest BCUT2D eigenvalue weighted by Gasteiger charge is 2.29. The van der Waals surface area contributed by atoms with Crippen LogP contribution in [0.5, 0.6) is 0 Å². The molecule has 0 aromatic carbocycles. The van der Waals surface area contributed by atoms with Crippen LogP contribution in [0, 0.1) is 6.92 Å². The van der Waals surface area contributed by atoms with Crippen LogP contribution in [-0.2, 0) is 7.05 Å². The number of rotatable bonds is 3. The number of aromatic nitrogens is 6. The number of hydrogen-bond donors (Lipinski definition) is 0. The molecule has 0 saturated carbocycles. The average Bonchev–Trinajstić information content (AvgIpc) is 3.24. The van der Waals surface area contributed by atoms with Crippen LogP contribution in [0.15, 0.2) is 36.8 Å². The summed E-state index contributed by atoms with van der Waals surface area (Å²) >= 11 is 0. The summed E-state index contributed by atoms with van der Waals surface area (Å²) in [5.74, 6) is 2.69. The predicted molar refractivity (Wildman–Crippen MR) is 94.7 cm³/mol. The first-order chi connectivity index (χ1) is 12.1. The molecule has 0 N–H and O–H groups in total. The van der Waals surface area contributed by atoms with E-state index in [1.54, 1.807) is 4.68 Å². The molecule has 0 radical (unpaired) electrons. The number of nitrogens with zero attached hydrogens (tertiary/aromatic N) is 8. The summed E-state index contributed by atoms with van der Waals surface area (Å²) < 4.78 is 3.83. The van der Waals surface area contributed by atoms with Crippen molar-refractivity contribution in [2.75, 3.05) is 31.6 Å². The second-order valence-electron chi connectivity index (χ2n) is 6.49. The molecule has 8 heteroatoms. The van der Waals surface area contributed by atoms with Crippen LogP contribution in [0.2, 0.25) is 0 Å². The standard InChI is InChI=1S/C17H22N8/c1-13-6-8-25(21-13)16-5-4-15(19-20-16)24-11-10-22(2)14(12-24)17-18-7-9-23(17)3/h4-9,14H,10-12H2,1-3H3. The van der Waals surface area contributed by atoms with Gasteiger partial charge in [0.05, 0.1) is 11.7 Å². The van der Waals surface area contributed by atoms with E-state index in [9.17, 15) is 0 Å². The van der Waals surface area contributed by atoms with Gasteiger partial charge in [-0.25, -0.2) is 9.67 Å². The maximum absolute atomic E-state index is 4.52. The number of hydrogen-bond acceptors (Lipinski definition) is 6. The van der Waals surface area contributed by atoms with Gasteiger partial charge >= 0.3 is 0 Å². The lowest BCUT2D eigenvalue weighted by molar-refractivity contribution is 0.209. The predicted octanol–water partition coefficient (Wildman–Crippen LogP) is 1.20. The third kappa shape index (κ3) is 3.00. The third-order valence-electron chi connectivity index (χ3n) is 4.72. The number of anilines is 1. The molecule has 4 heterocycles. The fourth-order valence-corrected chi connectivity index (χ4v) is 3.21. The van der Waals surface area contributed by atoms with E-state index in [-0.39, 0.29) is 6.04 Å². The first-order valence-electron chi connectivity index (χ1n) is 8.40. The molecule has 130 valence electrons. The Hall–Kier alpha value is -2.74. The van der Waals surface area contributed by atoms with Crippen LogP contribution < -0.4 is 4.90 Å². The lowest BCUT2D eigenvalue weighted by Crippen LogP contribution is -2.47. The van der Waals surface area contributed by atoms with Gasteiger partial charge in [-0.05, 0) is 32.2 Å². The summed E-state index contributed by atoms with van der Waals surface area (Å²) in [6.45, 7) is 4.68. The normalized spacial score (nSPS) is 18.7. The Morgan fingerprint density at radius 1 is 1.00 bits per heavy atom. The van der Waals surface area contributed by atoms with E-state index in [0.29, 0.717) is 0 Å². The molecule has 1 unspecified atom stereocenters. The quantitative estimate of drug-likeness (QED) is 0.715. The molecule has 0 spiro atoms. The van der Waals surface area contributed by atoms with Crippen LogP contribution in [0.25, 0.3) is 5.82 Å². The highest BCUT2D eigenvalue weighted by Crippen LogP contribution is 2.25. The van der Waals surface area contributed by atoms with Crippen molar-refractivity contribution in [1.82, 2.24) is 34.4 Å². The van der Waals surface area contributed by atoms with Crippen molar-refractivity contribution >= 4 is 5.82 Å². The lowest BCUT2D eigenvalue weighted by atomic mass is 10.1. The maximum atomic E-state index is 4.52. The number of imidazole rings is 1. The zero-order valence-electron chi connectivity index (χ0n) is 14.7. The highest BCUT2D eigenvalue weighted by molar-refractivity contribution is 5.41. The van der Waals surface area contributed by atoms with Crippen LogP contribution in [0.4, 0.5) is 5.82 Å². The molecule has 3 aromatic rings. The van der Waals surface area contributed by atoms with Crippen LogP contribution in [-0.4, -0.2) is 61.1 Å². The van der Waals surface area contributed by atoms with Gasteiger partial charge in [0.15, 0.2) is 11.6 Å². The Morgan fingerprint density at radius 2 is 1.80 bits per heavy atom. The molecule has 0 aliphatic carbocycles. The van der Waals surface area contributed by atoms with Crippen LogP contribution in [0.1, 0.15) is 17.6 Å². The van der Waals surface area contributed by atoms with Crippen molar-refractivity contribution in [2.24, 2.45) is 7.05 Å². The number of likely N-dealkylation sites (N-methyl/N-ethyl adjacent to an activating group) is 1. The van der Waals surface area contributed by atoms with E-state index < -0.39 is 0 Å². The first-order valence-corrected chi connectivity index (χ1v) is 8.40. The van der Waals surface area contributed by atoms with Gasteiger partial charge in [0.2, 0.25) is 0 Å². The van der Waals surface area contributed by atoms with Crippen molar-refractivity contribution in [2.45, 2.75) is 13.0 Å². The van der Waals surface area contributed by atoms with E-state index in [4.69, 9.17) is 0 Å². The van der Waals surface area contributed by atoms with Gasteiger partial charge in [0.1, 0.15) is 5.82 Å². The van der Waals surface area contributed by atoms with Crippen molar-refractivity contribution in [1.29, 1.82) is 0 Å². The van der Waals surface area contributed by atoms with E-state index in [2.05, 4.69) is 41.7 Å². The van der Waals surface area contributed by atoms with Gasteiger partial charge in [-0.2, -0.15) is 5.10 Å². The van der Waals surface area contributed by atoms with Gasteiger partial charge in [0, 0.05) is 45.3 Å². The minimum atomic E-state index is 0.240.